The molecule has 20 heavy (non-hydrogen) atoms. The second kappa shape index (κ2) is 6.23. The Balaban J connectivity index is 2.45. The molecule has 1 unspecified atom stereocenters. The van der Waals surface area contributed by atoms with Gasteiger partial charge in [0, 0.05) is 12.0 Å². The van der Waals surface area contributed by atoms with E-state index in [-0.39, 0.29) is 11.2 Å². The zero-order valence-corrected chi connectivity index (χ0v) is 12.4. The highest BCUT2D eigenvalue weighted by atomic mass is 19.1. The van der Waals surface area contributed by atoms with Gasteiger partial charge in [-0.15, -0.1) is 0 Å². The number of nitrogens with two attached hydrogens (primary N) is 1. The van der Waals surface area contributed by atoms with Gasteiger partial charge in [-0.05, 0) is 37.0 Å². The monoisotopic (exact) mass is 279 g/mol. The molecule has 0 spiro atoms. The molecule has 0 aliphatic heterocycles. The zero-order chi connectivity index (χ0) is 14.6. The third-order valence-corrected chi connectivity index (χ3v) is 5.14. The first-order chi connectivity index (χ1) is 9.58. The lowest BCUT2D eigenvalue weighted by Gasteiger charge is -2.47. The van der Waals surface area contributed by atoms with Gasteiger partial charge in [0.1, 0.15) is 5.82 Å². The van der Waals surface area contributed by atoms with E-state index in [0.29, 0.717) is 18.5 Å². The maximum Gasteiger partial charge on any atom is 0.123 e. The van der Waals surface area contributed by atoms with E-state index >= 15 is 0 Å². The molecular formula is C17H26FNO. The molecule has 3 N–H and O–H groups in total. The van der Waals surface area contributed by atoms with E-state index < -0.39 is 5.60 Å². The molecule has 1 fully saturated rings. The Bertz CT molecular complexity index is 440. The molecule has 0 amide bonds. The molecular weight excluding hydrogens is 253 g/mol. The largest absolute Gasteiger partial charge is 0.385 e. The lowest BCUT2D eigenvalue weighted by atomic mass is 9.63. The van der Waals surface area contributed by atoms with E-state index in [0.717, 1.165) is 25.7 Å². The van der Waals surface area contributed by atoms with Crippen LogP contribution in [-0.4, -0.2) is 11.7 Å². The molecule has 2 rings (SSSR count). The van der Waals surface area contributed by atoms with Crippen LogP contribution in [0.1, 0.15) is 57.4 Å². The molecule has 1 atom stereocenters. The number of hydrogen-bond donors (Lipinski definition) is 2. The number of rotatable bonds is 4. The van der Waals surface area contributed by atoms with Crippen LogP contribution in [0.3, 0.4) is 0 Å². The standard InChI is InChI=1S/C17H26FNO/c1-2-17(20,14-8-7-9-15(18)12-14)16(13-19)10-5-3-4-6-11-16/h7-9,12,20H,2-6,10-11,13,19H2,1H3. The van der Waals surface area contributed by atoms with Crippen molar-refractivity contribution >= 4 is 0 Å². The van der Waals surface area contributed by atoms with Gasteiger partial charge in [-0.1, -0.05) is 44.7 Å². The van der Waals surface area contributed by atoms with Crippen molar-refractivity contribution in [2.75, 3.05) is 6.54 Å². The van der Waals surface area contributed by atoms with Crippen LogP contribution in [0.15, 0.2) is 24.3 Å². The third kappa shape index (κ3) is 2.61. The minimum absolute atomic E-state index is 0.296. The van der Waals surface area contributed by atoms with E-state index in [1.54, 1.807) is 6.07 Å². The van der Waals surface area contributed by atoms with Gasteiger partial charge in [0.2, 0.25) is 0 Å². The van der Waals surface area contributed by atoms with Gasteiger partial charge in [-0.25, -0.2) is 4.39 Å². The second-order valence-corrected chi connectivity index (χ2v) is 6.12. The highest BCUT2D eigenvalue weighted by molar-refractivity contribution is 5.26. The summed E-state index contributed by atoms with van der Waals surface area (Å²) in [6.45, 7) is 2.42. The average Bonchev–Trinajstić information content (AvgIpc) is 2.73. The predicted octanol–water partition coefficient (Wildman–Crippen LogP) is 3.72. The van der Waals surface area contributed by atoms with Crippen molar-refractivity contribution in [2.45, 2.75) is 57.5 Å². The van der Waals surface area contributed by atoms with Crippen LogP contribution in [0.2, 0.25) is 0 Å². The summed E-state index contributed by atoms with van der Waals surface area (Å²) < 4.78 is 13.6. The minimum atomic E-state index is -1.03. The molecule has 1 aliphatic rings. The summed E-state index contributed by atoms with van der Waals surface area (Å²) >= 11 is 0. The van der Waals surface area contributed by atoms with Crippen LogP contribution in [0.25, 0.3) is 0 Å². The number of benzene rings is 1. The highest BCUT2D eigenvalue weighted by Crippen LogP contribution is 2.50. The molecule has 0 radical (unpaired) electrons. The Labute approximate surface area is 121 Å². The quantitative estimate of drug-likeness (QED) is 0.825. The van der Waals surface area contributed by atoms with Crippen molar-refractivity contribution in [3.05, 3.63) is 35.6 Å². The van der Waals surface area contributed by atoms with Gasteiger partial charge in [-0.2, -0.15) is 0 Å². The molecule has 2 nitrogen and oxygen atoms in total. The first-order valence-electron chi connectivity index (χ1n) is 7.76. The Morgan fingerprint density at radius 3 is 2.40 bits per heavy atom. The van der Waals surface area contributed by atoms with Crippen LogP contribution < -0.4 is 5.73 Å². The van der Waals surface area contributed by atoms with Crippen molar-refractivity contribution in [1.29, 1.82) is 0 Å². The third-order valence-electron chi connectivity index (χ3n) is 5.14. The van der Waals surface area contributed by atoms with Gasteiger partial charge >= 0.3 is 0 Å². The van der Waals surface area contributed by atoms with Crippen molar-refractivity contribution in [3.8, 4) is 0 Å². The average molecular weight is 279 g/mol. The number of hydrogen-bond acceptors (Lipinski definition) is 2. The van der Waals surface area contributed by atoms with E-state index in [4.69, 9.17) is 5.73 Å². The molecule has 1 saturated carbocycles. The fourth-order valence-corrected chi connectivity index (χ4v) is 3.82. The summed E-state index contributed by atoms with van der Waals surface area (Å²) in [5.74, 6) is -0.296. The Kier molecular flexibility index (Phi) is 4.82. The fraction of sp³-hybridized carbons (Fsp3) is 0.647. The van der Waals surface area contributed by atoms with Crippen molar-refractivity contribution in [2.24, 2.45) is 11.1 Å². The summed E-state index contributed by atoms with van der Waals surface area (Å²) in [5.41, 5.74) is 5.40. The maximum atomic E-state index is 13.6. The zero-order valence-electron chi connectivity index (χ0n) is 12.4. The molecule has 0 heterocycles. The Morgan fingerprint density at radius 1 is 1.25 bits per heavy atom. The van der Waals surface area contributed by atoms with E-state index in [2.05, 4.69) is 0 Å². The summed E-state index contributed by atoms with van der Waals surface area (Å²) in [6, 6.07) is 6.38. The van der Waals surface area contributed by atoms with E-state index in [1.165, 1.54) is 25.0 Å². The minimum Gasteiger partial charge on any atom is -0.385 e. The molecule has 0 bridgehead atoms. The molecule has 0 saturated heterocycles. The van der Waals surface area contributed by atoms with Gasteiger partial charge < -0.3 is 10.8 Å². The topological polar surface area (TPSA) is 46.2 Å². The lowest BCUT2D eigenvalue weighted by Crippen LogP contribution is -2.50. The van der Waals surface area contributed by atoms with Crippen molar-refractivity contribution in [3.63, 3.8) is 0 Å². The SMILES string of the molecule is CCC(O)(c1cccc(F)c1)C1(CN)CCCCCC1. The van der Waals surface area contributed by atoms with Crippen LogP contribution in [0, 0.1) is 11.2 Å². The van der Waals surface area contributed by atoms with Gasteiger partial charge in [0.05, 0.1) is 5.60 Å². The molecule has 3 heteroatoms. The fourth-order valence-electron chi connectivity index (χ4n) is 3.82. The van der Waals surface area contributed by atoms with E-state index in [1.807, 2.05) is 13.0 Å². The van der Waals surface area contributed by atoms with Crippen LogP contribution >= 0.6 is 0 Å². The first-order valence-corrected chi connectivity index (χ1v) is 7.76. The summed E-state index contributed by atoms with van der Waals surface area (Å²) in [5, 5.41) is 11.4. The van der Waals surface area contributed by atoms with Gasteiger partial charge in [0.15, 0.2) is 0 Å². The summed E-state index contributed by atoms with van der Waals surface area (Å²) in [6.07, 6.45) is 6.99. The number of halogens is 1. The predicted molar refractivity (Wildman–Crippen MR) is 79.8 cm³/mol. The first kappa shape index (κ1) is 15.5. The molecule has 112 valence electrons. The van der Waals surface area contributed by atoms with Crippen LogP contribution in [0.5, 0.6) is 0 Å². The molecule has 1 aromatic rings. The lowest BCUT2D eigenvalue weighted by molar-refractivity contribution is -0.0996. The molecule has 1 aromatic carbocycles. The smallest absolute Gasteiger partial charge is 0.123 e. The van der Waals surface area contributed by atoms with Gasteiger partial charge in [0.25, 0.3) is 0 Å². The van der Waals surface area contributed by atoms with Crippen LogP contribution in [-0.2, 0) is 5.60 Å². The van der Waals surface area contributed by atoms with Gasteiger partial charge in [-0.3, -0.25) is 0 Å². The molecule has 1 aliphatic carbocycles. The number of aliphatic hydroxyl groups is 1. The van der Waals surface area contributed by atoms with E-state index in [9.17, 15) is 9.50 Å². The Hall–Kier alpha value is -0.930. The second-order valence-electron chi connectivity index (χ2n) is 6.12. The molecule has 0 aromatic heterocycles. The maximum absolute atomic E-state index is 13.6. The highest BCUT2D eigenvalue weighted by Gasteiger charge is 2.49. The summed E-state index contributed by atoms with van der Waals surface area (Å²) in [4.78, 5) is 0. The normalized spacial score (nSPS) is 22.0. The Morgan fingerprint density at radius 2 is 1.90 bits per heavy atom. The summed E-state index contributed by atoms with van der Waals surface area (Å²) in [7, 11) is 0. The van der Waals surface area contributed by atoms with Crippen molar-refractivity contribution in [1.82, 2.24) is 0 Å². The van der Waals surface area contributed by atoms with Crippen molar-refractivity contribution < 1.29 is 9.50 Å². The van der Waals surface area contributed by atoms with Crippen LogP contribution in [0.4, 0.5) is 4.39 Å².